The highest BCUT2D eigenvalue weighted by Gasteiger charge is 2.24. The van der Waals surface area contributed by atoms with E-state index in [4.69, 9.17) is 4.52 Å². The molecule has 1 aromatic rings. The van der Waals surface area contributed by atoms with Crippen LogP contribution in [0.2, 0.25) is 0 Å². The zero-order valence-electron chi connectivity index (χ0n) is 9.49. The number of hydrogen-bond donors (Lipinski definition) is 1. The SMILES string of the molecule is CNCC1CCCN1Cc1cc(C)on1. The Bertz CT molecular complexity index is 311. The fraction of sp³-hybridized carbons (Fsp3) is 0.727. The molecule has 0 bridgehead atoms. The lowest BCUT2D eigenvalue weighted by Gasteiger charge is -2.22. The minimum Gasteiger partial charge on any atom is -0.361 e. The Morgan fingerprint density at radius 3 is 3.20 bits per heavy atom. The first-order chi connectivity index (χ1) is 7.29. The van der Waals surface area contributed by atoms with Gasteiger partial charge in [0.05, 0.1) is 5.69 Å². The molecule has 0 radical (unpaired) electrons. The largest absolute Gasteiger partial charge is 0.361 e. The average molecular weight is 209 g/mol. The molecule has 1 aromatic heterocycles. The average Bonchev–Trinajstić information content (AvgIpc) is 2.78. The van der Waals surface area contributed by atoms with Gasteiger partial charge in [0.1, 0.15) is 5.76 Å². The van der Waals surface area contributed by atoms with Crippen molar-refractivity contribution in [2.75, 3.05) is 20.1 Å². The maximum atomic E-state index is 5.08. The van der Waals surface area contributed by atoms with Crippen molar-refractivity contribution >= 4 is 0 Å². The number of rotatable bonds is 4. The Morgan fingerprint density at radius 1 is 1.67 bits per heavy atom. The number of nitrogens with zero attached hydrogens (tertiary/aromatic N) is 2. The van der Waals surface area contributed by atoms with Gasteiger partial charge in [0.2, 0.25) is 0 Å². The first-order valence-corrected chi connectivity index (χ1v) is 5.60. The molecule has 4 nitrogen and oxygen atoms in total. The van der Waals surface area contributed by atoms with Crippen LogP contribution in [0.3, 0.4) is 0 Å². The van der Waals surface area contributed by atoms with Crippen LogP contribution in [0.5, 0.6) is 0 Å². The van der Waals surface area contributed by atoms with Gasteiger partial charge in [-0.25, -0.2) is 0 Å². The minimum atomic E-state index is 0.659. The summed E-state index contributed by atoms with van der Waals surface area (Å²) in [5, 5.41) is 7.28. The van der Waals surface area contributed by atoms with E-state index in [1.54, 1.807) is 0 Å². The standard InChI is InChI=1S/C11H19N3O/c1-9-6-10(13-15-9)8-14-5-3-4-11(14)7-12-2/h6,11-12H,3-5,7-8H2,1-2H3. The number of hydrogen-bond acceptors (Lipinski definition) is 4. The third kappa shape index (κ3) is 2.58. The first-order valence-electron chi connectivity index (χ1n) is 5.60. The van der Waals surface area contributed by atoms with E-state index in [0.29, 0.717) is 6.04 Å². The summed E-state index contributed by atoms with van der Waals surface area (Å²) in [5.74, 6) is 0.898. The number of nitrogens with one attached hydrogen (secondary N) is 1. The summed E-state index contributed by atoms with van der Waals surface area (Å²) in [6.07, 6.45) is 2.58. The maximum Gasteiger partial charge on any atom is 0.133 e. The van der Waals surface area contributed by atoms with Gasteiger partial charge in [-0.1, -0.05) is 5.16 Å². The third-order valence-corrected chi connectivity index (χ3v) is 2.98. The lowest BCUT2D eigenvalue weighted by Crippen LogP contribution is -2.36. The molecule has 1 atom stereocenters. The molecule has 4 heteroatoms. The Kier molecular flexibility index (Phi) is 3.38. The van der Waals surface area contributed by atoms with Crippen molar-refractivity contribution in [1.29, 1.82) is 0 Å². The van der Waals surface area contributed by atoms with Gasteiger partial charge in [0.25, 0.3) is 0 Å². The lowest BCUT2D eigenvalue weighted by molar-refractivity contribution is 0.234. The summed E-state index contributed by atoms with van der Waals surface area (Å²) in [6.45, 7) is 5.10. The van der Waals surface area contributed by atoms with Crippen molar-refractivity contribution in [2.45, 2.75) is 32.4 Å². The summed E-state index contributed by atoms with van der Waals surface area (Å²) in [7, 11) is 2.01. The van der Waals surface area contributed by atoms with Gasteiger partial charge in [-0.05, 0) is 33.4 Å². The predicted octanol–water partition coefficient (Wildman–Crippen LogP) is 1.17. The molecule has 1 aliphatic rings. The molecule has 1 saturated heterocycles. The lowest BCUT2D eigenvalue weighted by atomic mass is 10.2. The second kappa shape index (κ2) is 4.77. The zero-order chi connectivity index (χ0) is 10.7. The van der Waals surface area contributed by atoms with Gasteiger partial charge in [0, 0.05) is 25.2 Å². The highest BCUT2D eigenvalue weighted by Crippen LogP contribution is 2.19. The van der Waals surface area contributed by atoms with E-state index in [0.717, 1.165) is 24.5 Å². The topological polar surface area (TPSA) is 41.3 Å². The van der Waals surface area contributed by atoms with Crippen molar-refractivity contribution < 1.29 is 4.52 Å². The molecule has 1 aliphatic heterocycles. The summed E-state index contributed by atoms with van der Waals surface area (Å²) in [5.41, 5.74) is 1.05. The van der Waals surface area contributed by atoms with Crippen molar-refractivity contribution in [3.05, 3.63) is 17.5 Å². The molecule has 0 spiro atoms. The van der Waals surface area contributed by atoms with E-state index in [1.165, 1.54) is 19.4 Å². The monoisotopic (exact) mass is 209 g/mol. The summed E-state index contributed by atoms with van der Waals surface area (Å²) >= 11 is 0. The van der Waals surface area contributed by atoms with Gasteiger partial charge in [-0.3, -0.25) is 4.90 Å². The second-order valence-electron chi connectivity index (χ2n) is 4.25. The van der Waals surface area contributed by atoms with Crippen molar-refractivity contribution in [3.8, 4) is 0 Å². The highest BCUT2D eigenvalue weighted by atomic mass is 16.5. The smallest absolute Gasteiger partial charge is 0.133 e. The van der Waals surface area contributed by atoms with E-state index >= 15 is 0 Å². The van der Waals surface area contributed by atoms with Crippen molar-refractivity contribution in [2.24, 2.45) is 0 Å². The fourth-order valence-electron chi connectivity index (χ4n) is 2.27. The summed E-state index contributed by atoms with van der Waals surface area (Å²) < 4.78 is 5.08. The molecule has 0 aliphatic carbocycles. The number of likely N-dealkylation sites (tertiary alicyclic amines) is 1. The second-order valence-corrected chi connectivity index (χ2v) is 4.25. The van der Waals surface area contributed by atoms with Crippen molar-refractivity contribution in [3.63, 3.8) is 0 Å². The Hall–Kier alpha value is -0.870. The van der Waals surface area contributed by atoms with Crippen LogP contribution in [0.15, 0.2) is 10.6 Å². The van der Waals surface area contributed by atoms with E-state index in [9.17, 15) is 0 Å². The third-order valence-electron chi connectivity index (χ3n) is 2.98. The highest BCUT2D eigenvalue weighted by molar-refractivity contribution is 5.04. The molecule has 0 amide bonds. The van der Waals surface area contributed by atoms with Gasteiger partial charge >= 0.3 is 0 Å². The van der Waals surface area contributed by atoms with Crippen LogP contribution < -0.4 is 5.32 Å². The molecule has 0 aromatic carbocycles. The quantitative estimate of drug-likeness (QED) is 0.808. The number of likely N-dealkylation sites (N-methyl/N-ethyl adjacent to an activating group) is 1. The van der Waals surface area contributed by atoms with Crippen LogP contribution in [-0.2, 0) is 6.54 Å². The van der Waals surface area contributed by atoms with Gasteiger partial charge in [0.15, 0.2) is 0 Å². The van der Waals surface area contributed by atoms with Crippen LogP contribution in [0.25, 0.3) is 0 Å². The molecule has 84 valence electrons. The Labute approximate surface area is 90.6 Å². The Morgan fingerprint density at radius 2 is 2.53 bits per heavy atom. The van der Waals surface area contributed by atoms with E-state index in [2.05, 4.69) is 15.4 Å². The molecule has 1 N–H and O–H groups in total. The molecule has 2 rings (SSSR count). The molecular weight excluding hydrogens is 190 g/mol. The molecule has 1 fully saturated rings. The predicted molar refractivity (Wildman–Crippen MR) is 58.6 cm³/mol. The molecular formula is C11H19N3O. The van der Waals surface area contributed by atoms with Crippen LogP contribution >= 0.6 is 0 Å². The summed E-state index contributed by atoms with van der Waals surface area (Å²) in [6, 6.07) is 2.68. The minimum absolute atomic E-state index is 0.659. The zero-order valence-corrected chi connectivity index (χ0v) is 9.49. The molecule has 15 heavy (non-hydrogen) atoms. The van der Waals surface area contributed by atoms with Crippen molar-refractivity contribution in [1.82, 2.24) is 15.4 Å². The van der Waals surface area contributed by atoms with E-state index in [1.807, 2.05) is 20.0 Å². The van der Waals surface area contributed by atoms with Gasteiger partial charge in [-0.2, -0.15) is 0 Å². The van der Waals surface area contributed by atoms with E-state index < -0.39 is 0 Å². The molecule has 2 heterocycles. The Balaban J connectivity index is 1.93. The van der Waals surface area contributed by atoms with Crippen LogP contribution in [0.1, 0.15) is 24.3 Å². The maximum absolute atomic E-state index is 5.08. The van der Waals surface area contributed by atoms with Crippen LogP contribution in [0.4, 0.5) is 0 Å². The van der Waals surface area contributed by atoms with Gasteiger partial charge in [-0.15, -0.1) is 0 Å². The number of aromatic nitrogens is 1. The molecule has 0 saturated carbocycles. The fourth-order valence-corrected chi connectivity index (χ4v) is 2.27. The molecule has 1 unspecified atom stereocenters. The summed E-state index contributed by atoms with van der Waals surface area (Å²) in [4.78, 5) is 2.48. The van der Waals surface area contributed by atoms with E-state index in [-0.39, 0.29) is 0 Å². The number of aryl methyl sites for hydroxylation is 1. The van der Waals surface area contributed by atoms with Gasteiger partial charge < -0.3 is 9.84 Å². The van der Waals surface area contributed by atoms with Crippen LogP contribution in [0, 0.1) is 6.92 Å². The van der Waals surface area contributed by atoms with Crippen LogP contribution in [-0.4, -0.2) is 36.2 Å². The first kappa shape index (κ1) is 10.6. The normalized spacial score (nSPS) is 22.4.